The Morgan fingerprint density at radius 1 is 1.31 bits per heavy atom. The van der Waals surface area contributed by atoms with Gasteiger partial charge in [-0.2, -0.15) is 0 Å². The minimum absolute atomic E-state index is 0.181. The van der Waals surface area contributed by atoms with Gasteiger partial charge in [-0.15, -0.1) is 0 Å². The maximum absolute atomic E-state index is 11.7. The number of carbonyl (C=O) groups excluding carboxylic acids is 1. The lowest BCUT2D eigenvalue weighted by molar-refractivity contribution is 0.0860. The zero-order valence-electron chi connectivity index (χ0n) is 8.05. The highest BCUT2D eigenvalue weighted by molar-refractivity contribution is 6.15. The van der Waals surface area contributed by atoms with Gasteiger partial charge < -0.3 is 4.74 Å². The third-order valence-electron chi connectivity index (χ3n) is 2.71. The lowest BCUT2D eigenvalue weighted by Gasteiger charge is -2.36. The molecule has 2 rings (SSSR count). The van der Waals surface area contributed by atoms with Crippen LogP contribution in [0.4, 0.5) is 0 Å². The van der Waals surface area contributed by atoms with Crippen molar-refractivity contribution in [2.24, 2.45) is 0 Å². The van der Waals surface area contributed by atoms with Crippen molar-refractivity contribution in [3.63, 3.8) is 0 Å². The van der Waals surface area contributed by atoms with Gasteiger partial charge in [-0.1, -0.05) is 12.1 Å². The van der Waals surface area contributed by atoms with E-state index >= 15 is 0 Å². The zero-order chi connectivity index (χ0) is 9.64. The smallest absolute Gasteiger partial charge is 0.176 e. The number of fused-ring (bicyclic) bond motifs is 1. The lowest BCUT2D eigenvalue weighted by Crippen LogP contribution is -2.41. The van der Waals surface area contributed by atoms with Crippen LogP contribution in [0.25, 0.3) is 0 Å². The second kappa shape index (κ2) is 2.34. The summed E-state index contributed by atoms with van der Waals surface area (Å²) < 4.78 is 5.12. The summed E-state index contributed by atoms with van der Waals surface area (Å²) in [5, 5.41) is 0. The van der Waals surface area contributed by atoms with Crippen molar-refractivity contribution in [1.82, 2.24) is 0 Å². The third-order valence-corrected chi connectivity index (χ3v) is 2.71. The van der Waals surface area contributed by atoms with Crippen LogP contribution in [0.2, 0.25) is 0 Å². The molecule has 0 saturated heterocycles. The van der Waals surface area contributed by atoms with Gasteiger partial charge in [0.1, 0.15) is 5.75 Å². The van der Waals surface area contributed by atoms with Crippen molar-refractivity contribution in [2.45, 2.75) is 19.3 Å². The topological polar surface area (TPSA) is 26.3 Å². The van der Waals surface area contributed by atoms with E-state index in [2.05, 4.69) is 0 Å². The molecule has 2 nitrogen and oxygen atoms in total. The fraction of sp³-hybridized carbons (Fsp3) is 0.364. The van der Waals surface area contributed by atoms with E-state index in [-0.39, 0.29) is 11.2 Å². The molecule has 1 aliphatic carbocycles. The first-order valence-electron chi connectivity index (χ1n) is 4.31. The molecule has 0 heterocycles. The van der Waals surface area contributed by atoms with Crippen molar-refractivity contribution < 1.29 is 9.53 Å². The second-order valence-electron chi connectivity index (χ2n) is 3.84. The zero-order valence-corrected chi connectivity index (χ0v) is 8.05. The molecule has 0 amide bonds. The molecule has 0 radical (unpaired) electrons. The van der Waals surface area contributed by atoms with Crippen molar-refractivity contribution in [3.8, 4) is 5.75 Å². The summed E-state index contributed by atoms with van der Waals surface area (Å²) in [7, 11) is 1.59. The van der Waals surface area contributed by atoms with Crippen molar-refractivity contribution in [2.75, 3.05) is 7.11 Å². The van der Waals surface area contributed by atoms with E-state index in [0.29, 0.717) is 5.75 Å². The number of hydrogen-bond donors (Lipinski definition) is 0. The summed E-state index contributed by atoms with van der Waals surface area (Å²) in [6, 6.07) is 5.73. The molecular weight excluding hydrogens is 164 g/mol. The van der Waals surface area contributed by atoms with Crippen molar-refractivity contribution >= 4 is 5.78 Å². The molecular formula is C11H12O2. The molecule has 0 atom stereocenters. The molecule has 0 aromatic heterocycles. The second-order valence-corrected chi connectivity index (χ2v) is 3.84. The number of hydrogen-bond acceptors (Lipinski definition) is 2. The van der Waals surface area contributed by atoms with Gasteiger partial charge in [0.05, 0.1) is 18.1 Å². The van der Waals surface area contributed by atoms with Crippen LogP contribution in [-0.4, -0.2) is 12.9 Å². The maximum Gasteiger partial charge on any atom is 0.176 e. The SMILES string of the molecule is COc1cccc2c1C(=O)C2(C)C. The van der Waals surface area contributed by atoms with Crippen molar-refractivity contribution in [1.29, 1.82) is 0 Å². The minimum Gasteiger partial charge on any atom is -0.496 e. The van der Waals surface area contributed by atoms with Gasteiger partial charge in [0.15, 0.2) is 5.78 Å². The Balaban J connectivity index is 2.63. The molecule has 0 unspecified atom stereocenters. The molecule has 1 aromatic carbocycles. The molecule has 0 bridgehead atoms. The highest BCUT2D eigenvalue weighted by atomic mass is 16.5. The first-order valence-corrected chi connectivity index (χ1v) is 4.31. The van der Waals surface area contributed by atoms with Crippen molar-refractivity contribution in [3.05, 3.63) is 29.3 Å². The van der Waals surface area contributed by atoms with Crippen LogP contribution in [-0.2, 0) is 5.41 Å². The number of carbonyl (C=O) groups is 1. The Bertz CT molecular complexity index is 378. The van der Waals surface area contributed by atoms with E-state index < -0.39 is 0 Å². The van der Waals surface area contributed by atoms with Crippen LogP contribution in [0, 0.1) is 0 Å². The number of ketones is 1. The fourth-order valence-corrected chi connectivity index (χ4v) is 1.83. The molecule has 1 aromatic rings. The van der Waals surface area contributed by atoms with Crippen LogP contribution in [0.5, 0.6) is 5.75 Å². The lowest BCUT2D eigenvalue weighted by atomic mass is 9.65. The Hall–Kier alpha value is -1.31. The number of rotatable bonds is 1. The highest BCUT2D eigenvalue weighted by Crippen LogP contribution is 2.44. The monoisotopic (exact) mass is 176 g/mol. The van der Waals surface area contributed by atoms with E-state index in [9.17, 15) is 4.79 Å². The summed E-state index contributed by atoms with van der Waals surface area (Å²) >= 11 is 0. The van der Waals surface area contributed by atoms with Gasteiger partial charge in [-0.05, 0) is 25.5 Å². The molecule has 2 heteroatoms. The van der Waals surface area contributed by atoms with Gasteiger partial charge in [-0.3, -0.25) is 4.79 Å². The van der Waals surface area contributed by atoms with Gasteiger partial charge >= 0.3 is 0 Å². The summed E-state index contributed by atoms with van der Waals surface area (Å²) in [5.41, 5.74) is 1.54. The number of methoxy groups -OCH3 is 1. The van der Waals surface area contributed by atoms with Crippen LogP contribution in [0.1, 0.15) is 29.8 Å². The Morgan fingerprint density at radius 2 is 2.00 bits per heavy atom. The molecule has 0 aliphatic heterocycles. The average Bonchev–Trinajstić information content (AvgIpc) is 2.16. The maximum atomic E-state index is 11.7. The predicted octanol–water partition coefficient (Wildman–Crippen LogP) is 2.17. The fourth-order valence-electron chi connectivity index (χ4n) is 1.83. The molecule has 68 valence electrons. The van der Waals surface area contributed by atoms with E-state index in [1.807, 2.05) is 32.0 Å². The molecule has 1 aliphatic rings. The van der Waals surface area contributed by atoms with Gasteiger partial charge in [0.2, 0.25) is 0 Å². The van der Waals surface area contributed by atoms with E-state index in [1.165, 1.54) is 0 Å². The summed E-state index contributed by atoms with van der Waals surface area (Å²) in [4.78, 5) is 11.7. The molecule has 0 saturated carbocycles. The van der Waals surface area contributed by atoms with Gasteiger partial charge in [0, 0.05) is 0 Å². The first kappa shape index (κ1) is 8.30. The van der Waals surface area contributed by atoms with Crippen LogP contribution in [0.15, 0.2) is 18.2 Å². The van der Waals surface area contributed by atoms with Gasteiger partial charge in [-0.25, -0.2) is 0 Å². The number of ether oxygens (including phenoxy) is 1. The largest absolute Gasteiger partial charge is 0.496 e. The minimum atomic E-state index is -0.316. The summed E-state index contributed by atoms with van der Waals surface area (Å²) in [6.45, 7) is 3.88. The normalized spacial score (nSPS) is 17.6. The molecule has 0 fully saturated rings. The summed E-state index contributed by atoms with van der Waals surface area (Å²) in [6.07, 6.45) is 0. The number of Topliss-reactive ketones (excluding diaryl/α,β-unsaturated/α-hetero) is 1. The average molecular weight is 176 g/mol. The highest BCUT2D eigenvalue weighted by Gasteiger charge is 2.45. The summed E-state index contributed by atoms with van der Waals surface area (Å²) in [5.74, 6) is 0.877. The predicted molar refractivity (Wildman–Crippen MR) is 50.4 cm³/mol. The quantitative estimate of drug-likeness (QED) is 0.655. The van der Waals surface area contributed by atoms with E-state index in [4.69, 9.17) is 4.74 Å². The Kier molecular flexibility index (Phi) is 1.50. The van der Waals surface area contributed by atoms with E-state index in [0.717, 1.165) is 11.1 Å². The molecule has 0 N–H and O–H groups in total. The standard InChI is InChI=1S/C11H12O2/c1-11(2)7-5-4-6-8(13-3)9(7)10(11)12/h4-6H,1-3H3. The van der Waals surface area contributed by atoms with Gasteiger partial charge in [0.25, 0.3) is 0 Å². The van der Waals surface area contributed by atoms with Crippen LogP contribution in [0.3, 0.4) is 0 Å². The molecule has 13 heavy (non-hydrogen) atoms. The Labute approximate surface area is 77.5 Å². The number of benzene rings is 1. The first-order chi connectivity index (χ1) is 6.09. The van der Waals surface area contributed by atoms with Crippen LogP contribution >= 0.6 is 0 Å². The van der Waals surface area contributed by atoms with E-state index in [1.54, 1.807) is 7.11 Å². The molecule has 0 spiro atoms. The van der Waals surface area contributed by atoms with Crippen LogP contribution < -0.4 is 4.74 Å². The Morgan fingerprint density at radius 3 is 2.62 bits per heavy atom. The third kappa shape index (κ3) is 0.857.